The van der Waals surface area contributed by atoms with Gasteiger partial charge < -0.3 is 15.5 Å². The number of carbonyl (C=O) groups excluding carboxylic acids is 2. The summed E-state index contributed by atoms with van der Waals surface area (Å²) in [5.74, 6) is 0.106. The van der Waals surface area contributed by atoms with Crippen molar-refractivity contribution in [2.75, 3.05) is 26.2 Å². The Morgan fingerprint density at radius 2 is 1.57 bits per heavy atom. The van der Waals surface area contributed by atoms with Crippen LogP contribution in [0.4, 0.5) is 0 Å². The molecule has 1 aliphatic rings. The summed E-state index contributed by atoms with van der Waals surface area (Å²) in [4.78, 5) is 28.4. The largest absolute Gasteiger partial charge is 0.339 e. The molecule has 0 aromatic heterocycles. The van der Waals surface area contributed by atoms with Gasteiger partial charge in [-0.15, -0.1) is 0 Å². The van der Waals surface area contributed by atoms with Crippen molar-refractivity contribution in [1.29, 1.82) is 0 Å². The van der Waals surface area contributed by atoms with E-state index in [0.717, 1.165) is 5.56 Å². The Kier molecular flexibility index (Phi) is 5.42. The second kappa shape index (κ2) is 7.13. The van der Waals surface area contributed by atoms with Crippen LogP contribution in [0.2, 0.25) is 0 Å². The maximum absolute atomic E-state index is 12.5. The van der Waals surface area contributed by atoms with Gasteiger partial charge in [0.25, 0.3) is 0 Å². The monoisotopic (exact) mass is 317 g/mol. The second-order valence-corrected chi connectivity index (χ2v) is 7.16. The van der Waals surface area contributed by atoms with Crippen molar-refractivity contribution < 1.29 is 9.59 Å². The number of piperazine rings is 1. The van der Waals surface area contributed by atoms with Crippen molar-refractivity contribution in [3.05, 3.63) is 35.9 Å². The summed E-state index contributed by atoms with van der Waals surface area (Å²) in [7, 11) is 0. The highest BCUT2D eigenvalue weighted by atomic mass is 16.2. The van der Waals surface area contributed by atoms with E-state index in [9.17, 15) is 9.59 Å². The number of nitrogens with two attached hydrogens (primary N) is 1. The molecule has 2 N–H and O–H groups in total. The lowest BCUT2D eigenvalue weighted by Crippen LogP contribution is -2.56. The van der Waals surface area contributed by atoms with E-state index in [1.54, 1.807) is 4.90 Å². The molecule has 1 heterocycles. The maximum atomic E-state index is 12.5. The fourth-order valence-electron chi connectivity index (χ4n) is 2.79. The van der Waals surface area contributed by atoms with Gasteiger partial charge in [0.2, 0.25) is 11.8 Å². The van der Waals surface area contributed by atoms with Crippen molar-refractivity contribution >= 4 is 11.8 Å². The molecule has 0 radical (unpaired) electrons. The number of benzene rings is 1. The predicted molar refractivity (Wildman–Crippen MR) is 90.7 cm³/mol. The number of hydrogen-bond acceptors (Lipinski definition) is 3. The molecular formula is C18H27N3O2. The zero-order valence-corrected chi connectivity index (χ0v) is 14.3. The lowest BCUT2D eigenvalue weighted by molar-refractivity contribution is -0.145. The Labute approximate surface area is 138 Å². The van der Waals surface area contributed by atoms with Crippen molar-refractivity contribution in [2.45, 2.75) is 33.2 Å². The number of rotatable bonds is 3. The fourth-order valence-corrected chi connectivity index (χ4v) is 2.79. The van der Waals surface area contributed by atoms with Crippen molar-refractivity contribution in [3.63, 3.8) is 0 Å². The first-order valence-corrected chi connectivity index (χ1v) is 8.16. The average Bonchev–Trinajstić information content (AvgIpc) is 2.53. The molecule has 1 aromatic carbocycles. The highest BCUT2D eigenvalue weighted by Crippen LogP contribution is 2.19. The van der Waals surface area contributed by atoms with E-state index in [4.69, 9.17) is 5.73 Å². The van der Waals surface area contributed by atoms with Crippen LogP contribution < -0.4 is 5.73 Å². The molecule has 2 amide bonds. The summed E-state index contributed by atoms with van der Waals surface area (Å²) in [6.07, 6.45) is 0.542. The van der Waals surface area contributed by atoms with Crippen LogP contribution in [-0.4, -0.2) is 53.8 Å². The molecular weight excluding hydrogens is 290 g/mol. The summed E-state index contributed by atoms with van der Waals surface area (Å²) in [6, 6.07) is 9.28. The third-order valence-electron chi connectivity index (χ3n) is 4.14. The first kappa shape index (κ1) is 17.5. The third kappa shape index (κ3) is 4.55. The van der Waals surface area contributed by atoms with Crippen LogP contribution in [0.5, 0.6) is 0 Å². The third-order valence-corrected chi connectivity index (χ3v) is 4.14. The minimum absolute atomic E-state index is 0.0308. The zero-order valence-electron chi connectivity index (χ0n) is 14.3. The predicted octanol–water partition coefficient (Wildman–Crippen LogP) is 1.27. The molecule has 0 unspecified atom stereocenters. The normalized spacial score (nSPS) is 17.0. The van der Waals surface area contributed by atoms with Crippen LogP contribution in [0.25, 0.3) is 0 Å². The topological polar surface area (TPSA) is 66.6 Å². The molecule has 23 heavy (non-hydrogen) atoms. The summed E-state index contributed by atoms with van der Waals surface area (Å²) in [6.45, 7) is 8.04. The first-order chi connectivity index (χ1) is 10.8. The van der Waals surface area contributed by atoms with E-state index in [-0.39, 0.29) is 17.2 Å². The summed E-state index contributed by atoms with van der Waals surface area (Å²) in [5.41, 5.74) is 6.76. The SMILES string of the molecule is CC(C)(C)C(=O)N1CCN(C(=O)[C@@H](N)Cc2ccccc2)CC1. The maximum Gasteiger partial charge on any atom is 0.239 e. The van der Waals surface area contributed by atoms with Crippen LogP contribution in [0.3, 0.4) is 0 Å². The lowest BCUT2D eigenvalue weighted by atomic mass is 9.94. The van der Waals surface area contributed by atoms with Crippen LogP contribution in [0.1, 0.15) is 26.3 Å². The number of amides is 2. The fraction of sp³-hybridized carbons (Fsp3) is 0.556. The number of hydrogen-bond donors (Lipinski definition) is 1. The minimum atomic E-state index is -0.526. The van der Waals surface area contributed by atoms with Gasteiger partial charge in [-0.25, -0.2) is 0 Å². The molecule has 0 bridgehead atoms. The Morgan fingerprint density at radius 1 is 1.04 bits per heavy atom. The lowest BCUT2D eigenvalue weighted by Gasteiger charge is -2.38. The Hall–Kier alpha value is -1.88. The standard InChI is InChI=1S/C18H27N3O2/c1-18(2,3)17(23)21-11-9-20(10-12-21)16(22)15(19)13-14-7-5-4-6-8-14/h4-8,15H,9-13,19H2,1-3H3/t15-/m0/s1. The van der Waals surface area contributed by atoms with E-state index in [1.807, 2.05) is 56.0 Å². The highest BCUT2D eigenvalue weighted by Gasteiger charge is 2.31. The minimum Gasteiger partial charge on any atom is -0.339 e. The molecule has 2 rings (SSSR count). The van der Waals surface area contributed by atoms with Gasteiger partial charge in [-0.2, -0.15) is 0 Å². The van der Waals surface area contributed by atoms with Crippen LogP contribution in [0.15, 0.2) is 30.3 Å². The summed E-state index contributed by atoms with van der Waals surface area (Å²) < 4.78 is 0. The van der Waals surface area contributed by atoms with Crippen molar-refractivity contribution in [2.24, 2.45) is 11.1 Å². The van der Waals surface area contributed by atoms with Crippen LogP contribution >= 0.6 is 0 Å². The zero-order chi connectivity index (χ0) is 17.0. The van der Waals surface area contributed by atoms with Crippen molar-refractivity contribution in [3.8, 4) is 0 Å². The van der Waals surface area contributed by atoms with Gasteiger partial charge in [0.1, 0.15) is 0 Å². The molecule has 0 saturated carbocycles. The summed E-state index contributed by atoms with van der Waals surface area (Å²) >= 11 is 0. The van der Waals surface area contributed by atoms with E-state index in [0.29, 0.717) is 32.6 Å². The van der Waals surface area contributed by atoms with Gasteiger partial charge >= 0.3 is 0 Å². The molecule has 0 spiro atoms. The summed E-state index contributed by atoms with van der Waals surface area (Å²) in [5, 5.41) is 0. The first-order valence-electron chi connectivity index (χ1n) is 8.16. The molecule has 1 fully saturated rings. The molecule has 1 aliphatic heterocycles. The quantitative estimate of drug-likeness (QED) is 0.913. The second-order valence-electron chi connectivity index (χ2n) is 7.16. The van der Waals surface area contributed by atoms with Gasteiger partial charge in [-0.1, -0.05) is 51.1 Å². The molecule has 0 aliphatic carbocycles. The smallest absolute Gasteiger partial charge is 0.239 e. The van der Waals surface area contributed by atoms with Gasteiger partial charge in [0.05, 0.1) is 6.04 Å². The Morgan fingerprint density at radius 3 is 2.09 bits per heavy atom. The molecule has 5 nitrogen and oxygen atoms in total. The van der Waals surface area contributed by atoms with E-state index in [2.05, 4.69) is 0 Å². The molecule has 1 saturated heterocycles. The highest BCUT2D eigenvalue weighted by molar-refractivity contribution is 5.84. The molecule has 1 aromatic rings. The van der Waals surface area contributed by atoms with E-state index in [1.165, 1.54) is 0 Å². The van der Waals surface area contributed by atoms with Gasteiger partial charge in [0, 0.05) is 31.6 Å². The number of carbonyl (C=O) groups is 2. The van der Waals surface area contributed by atoms with Gasteiger partial charge in [-0.3, -0.25) is 9.59 Å². The average molecular weight is 317 g/mol. The van der Waals surface area contributed by atoms with E-state index >= 15 is 0 Å². The van der Waals surface area contributed by atoms with E-state index < -0.39 is 6.04 Å². The van der Waals surface area contributed by atoms with Crippen LogP contribution in [0, 0.1) is 5.41 Å². The molecule has 1 atom stereocenters. The van der Waals surface area contributed by atoms with Gasteiger partial charge in [0.15, 0.2) is 0 Å². The Balaban J connectivity index is 1.87. The Bertz CT molecular complexity index is 543. The van der Waals surface area contributed by atoms with Crippen molar-refractivity contribution in [1.82, 2.24) is 9.80 Å². The molecule has 126 valence electrons. The molecule has 5 heteroatoms. The van der Waals surface area contributed by atoms with Gasteiger partial charge in [-0.05, 0) is 12.0 Å². The van der Waals surface area contributed by atoms with Crippen LogP contribution in [-0.2, 0) is 16.0 Å². The number of nitrogens with zero attached hydrogens (tertiary/aromatic N) is 2.